The molecule has 2 unspecified atom stereocenters. The van der Waals surface area contributed by atoms with E-state index in [1.807, 2.05) is 35.2 Å². The molecule has 5 heteroatoms. The van der Waals surface area contributed by atoms with Crippen molar-refractivity contribution in [3.8, 4) is 5.75 Å². The number of ether oxygens (including phenoxy) is 1. The largest absolute Gasteiger partial charge is 0.497 e. The molecule has 4 rings (SSSR count). The van der Waals surface area contributed by atoms with Gasteiger partial charge in [0, 0.05) is 31.1 Å². The van der Waals surface area contributed by atoms with Crippen LogP contribution in [0.2, 0.25) is 0 Å². The second-order valence-electron chi connectivity index (χ2n) is 7.69. The van der Waals surface area contributed by atoms with Gasteiger partial charge in [0.1, 0.15) is 11.6 Å². The Balaban J connectivity index is 1.66. The zero-order valence-electron chi connectivity index (χ0n) is 16.8. The van der Waals surface area contributed by atoms with Crippen LogP contribution >= 0.6 is 0 Å². The number of anilines is 1. The van der Waals surface area contributed by atoms with Gasteiger partial charge in [-0.2, -0.15) is 0 Å². The number of imidazole rings is 1. The molecule has 2 aromatic carbocycles. The van der Waals surface area contributed by atoms with Crippen LogP contribution in [0.3, 0.4) is 0 Å². The van der Waals surface area contributed by atoms with Gasteiger partial charge in [0.2, 0.25) is 5.91 Å². The summed E-state index contributed by atoms with van der Waals surface area (Å²) in [7, 11) is 1.65. The van der Waals surface area contributed by atoms with Gasteiger partial charge >= 0.3 is 0 Å². The number of benzene rings is 2. The fourth-order valence-corrected chi connectivity index (χ4v) is 3.93. The van der Waals surface area contributed by atoms with Gasteiger partial charge in [-0.1, -0.05) is 32.4 Å². The summed E-state index contributed by atoms with van der Waals surface area (Å²) in [6.45, 7) is 6.07. The molecule has 0 saturated carbocycles. The monoisotopic (exact) mass is 377 g/mol. The molecule has 0 spiro atoms. The standard InChI is InChI=1S/C23H27N3O2/c1-4-16(2)14-26-21-8-6-5-7-20(21)24-23(26)17-13-22(27)25(15-17)18-9-11-19(28-3)12-10-18/h5-12,16-17H,4,13-15H2,1-3H3. The van der Waals surface area contributed by atoms with E-state index in [-0.39, 0.29) is 11.8 Å². The molecule has 0 bridgehead atoms. The highest BCUT2D eigenvalue weighted by Gasteiger charge is 2.35. The van der Waals surface area contributed by atoms with Gasteiger partial charge in [-0.25, -0.2) is 4.98 Å². The minimum absolute atomic E-state index is 0.103. The molecule has 5 nitrogen and oxygen atoms in total. The van der Waals surface area contributed by atoms with Gasteiger partial charge in [0.05, 0.1) is 18.1 Å². The quantitative estimate of drug-likeness (QED) is 0.630. The Bertz CT molecular complexity index is 977. The average Bonchev–Trinajstić information content (AvgIpc) is 3.28. The van der Waals surface area contributed by atoms with E-state index in [0.717, 1.165) is 41.3 Å². The fraction of sp³-hybridized carbons (Fsp3) is 0.391. The van der Waals surface area contributed by atoms with E-state index >= 15 is 0 Å². The Labute approximate surface area is 165 Å². The molecule has 1 aromatic heterocycles. The van der Waals surface area contributed by atoms with Crippen molar-refractivity contribution in [2.75, 3.05) is 18.6 Å². The molecule has 0 radical (unpaired) electrons. The van der Waals surface area contributed by atoms with Crippen molar-refractivity contribution in [1.82, 2.24) is 9.55 Å². The number of carbonyl (C=O) groups excluding carboxylic acids is 1. The Kier molecular flexibility index (Phi) is 5.07. The lowest BCUT2D eigenvalue weighted by molar-refractivity contribution is -0.117. The summed E-state index contributed by atoms with van der Waals surface area (Å²) >= 11 is 0. The Morgan fingerprint density at radius 1 is 1.18 bits per heavy atom. The van der Waals surface area contributed by atoms with Gasteiger partial charge < -0.3 is 14.2 Å². The minimum atomic E-state index is 0.103. The van der Waals surface area contributed by atoms with E-state index in [9.17, 15) is 4.79 Å². The minimum Gasteiger partial charge on any atom is -0.497 e. The summed E-state index contributed by atoms with van der Waals surface area (Å²) in [4.78, 5) is 19.6. The van der Waals surface area contributed by atoms with Crippen LogP contribution in [-0.2, 0) is 11.3 Å². The third-order valence-electron chi connectivity index (χ3n) is 5.75. The summed E-state index contributed by atoms with van der Waals surface area (Å²) in [5.74, 6) is 2.64. The average molecular weight is 377 g/mol. The number of carbonyl (C=O) groups is 1. The number of fused-ring (bicyclic) bond motifs is 1. The molecule has 1 amide bonds. The van der Waals surface area contributed by atoms with Crippen LogP contribution in [0, 0.1) is 5.92 Å². The molecule has 2 atom stereocenters. The second-order valence-corrected chi connectivity index (χ2v) is 7.69. The van der Waals surface area contributed by atoms with E-state index in [1.54, 1.807) is 7.11 Å². The lowest BCUT2D eigenvalue weighted by Gasteiger charge is -2.19. The predicted octanol–water partition coefficient (Wildman–Crippen LogP) is 4.61. The molecule has 1 saturated heterocycles. The van der Waals surface area contributed by atoms with Gasteiger partial charge in [-0.15, -0.1) is 0 Å². The first-order valence-electron chi connectivity index (χ1n) is 10.00. The maximum atomic E-state index is 12.8. The topological polar surface area (TPSA) is 47.4 Å². The smallest absolute Gasteiger partial charge is 0.227 e. The molecule has 0 aliphatic carbocycles. The van der Waals surface area contributed by atoms with E-state index < -0.39 is 0 Å². The molecule has 1 aliphatic rings. The van der Waals surface area contributed by atoms with Crippen molar-refractivity contribution >= 4 is 22.6 Å². The normalized spacial score (nSPS) is 18.0. The number of rotatable bonds is 6. The highest BCUT2D eigenvalue weighted by molar-refractivity contribution is 5.96. The molecule has 2 heterocycles. The van der Waals surface area contributed by atoms with Crippen molar-refractivity contribution in [2.45, 2.75) is 39.2 Å². The van der Waals surface area contributed by atoms with Crippen LogP contribution in [0.1, 0.15) is 38.4 Å². The third kappa shape index (κ3) is 3.37. The number of hydrogen-bond acceptors (Lipinski definition) is 3. The van der Waals surface area contributed by atoms with Crippen molar-refractivity contribution in [1.29, 1.82) is 0 Å². The summed E-state index contributed by atoms with van der Waals surface area (Å²) in [6.07, 6.45) is 1.61. The molecule has 28 heavy (non-hydrogen) atoms. The molecular formula is C23H27N3O2. The van der Waals surface area contributed by atoms with Crippen LogP contribution < -0.4 is 9.64 Å². The van der Waals surface area contributed by atoms with Crippen LogP contribution in [0.4, 0.5) is 5.69 Å². The number of methoxy groups -OCH3 is 1. The first-order valence-corrected chi connectivity index (χ1v) is 10.00. The van der Waals surface area contributed by atoms with Crippen LogP contribution in [0.5, 0.6) is 5.75 Å². The van der Waals surface area contributed by atoms with Crippen LogP contribution in [-0.4, -0.2) is 29.1 Å². The van der Waals surface area contributed by atoms with Crippen molar-refractivity contribution < 1.29 is 9.53 Å². The maximum Gasteiger partial charge on any atom is 0.227 e. The molecule has 1 fully saturated rings. The zero-order valence-corrected chi connectivity index (χ0v) is 16.8. The first-order chi connectivity index (χ1) is 13.6. The number of aromatic nitrogens is 2. The van der Waals surface area contributed by atoms with Crippen LogP contribution in [0.25, 0.3) is 11.0 Å². The summed E-state index contributed by atoms with van der Waals surface area (Å²) < 4.78 is 7.56. The molecule has 1 aliphatic heterocycles. The van der Waals surface area contributed by atoms with Gasteiger partial charge in [0.25, 0.3) is 0 Å². The van der Waals surface area contributed by atoms with Crippen molar-refractivity contribution in [3.63, 3.8) is 0 Å². The Hall–Kier alpha value is -2.82. The fourth-order valence-electron chi connectivity index (χ4n) is 3.93. The molecule has 0 N–H and O–H groups in total. The Morgan fingerprint density at radius 3 is 2.64 bits per heavy atom. The number of para-hydroxylation sites is 2. The lowest BCUT2D eigenvalue weighted by Crippen LogP contribution is -2.24. The summed E-state index contributed by atoms with van der Waals surface area (Å²) in [5.41, 5.74) is 3.09. The first kappa shape index (κ1) is 18.5. The van der Waals surface area contributed by atoms with E-state index in [2.05, 4.69) is 36.6 Å². The number of amides is 1. The number of hydrogen-bond donors (Lipinski definition) is 0. The highest BCUT2D eigenvalue weighted by atomic mass is 16.5. The van der Waals surface area contributed by atoms with E-state index in [1.165, 1.54) is 0 Å². The predicted molar refractivity (Wildman–Crippen MR) is 112 cm³/mol. The van der Waals surface area contributed by atoms with Gasteiger partial charge in [-0.05, 0) is 42.3 Å². The van der Waals surface area contributed by atoms with E-state index in [4.69, 9.17) is 9.72 Å². The molecule has 146 valence electrons. The van der Waals surface area contributed by atoms with Crippen molar-refractivity contribution in [2.24, 2.45) is 5.92 Å². The molecular weight excluding hydrogens is 350 g/mol. The number of nitrogens with zero attached hydrogens (tertiary/aromatic N) is 3. The zero-order chi connectivity index (χ0) is 19.7. The summed E-state index contributed by atoms with van der Waals surface area (Å²) in [6, 6.07) is 16.0. The SMILES string of the molecule is CCC(C)Cn1c(C2CC(=O)N(c3ccc(OC)cc3)C2)nc2ccccc21. The Morgan fingerprint density at radius 2 is 1.93 bits per heavy atom. The summed E-state index contributed by atoms with van der Waals surface area (Å²) in [5, 5.41) is 0. The van der Waals surface area contributed by atoms with Crippen molar-refractivity contribution in [3.05, 3.63) is 54.4 Å². The second kappa shape index (κ2) is 7.66. The highest BCUT2D eigenvalue weighted by Crippen LogP contribution is 2.34. The molecule has 3 aromatic rings. The van der Waals surface area contributed by atoms with Gasteiger partial charge in [-0.3, -0.25) is 4.79 Å². The lowest BCUT2D eigenvalue weighted by atomic mass is 10.1. The van der Waals surface area contributed by atoms with E-state index in [0.29, 0.717) is 18.9 Å². The van der Waals surface area contributed by atoms with Crippen LogP contribution in [0.15, 0.2) is 48.5 Å². The van der Waals surface area contributed by atoms with Gasteiger partial charge in [0.15, 0.2) is 0 Å². The maximum absolute atomic E-state index is 12.8. The third-order valence-corrected chi connectivity index (χ3v) is 5.75.